The predicted molar refractivity (Wildman–Crippen MR) is 107 cm³/mol. The summed E-state index contributed by atoms with van der Waals surface area (Å²) in [6, 6.07) is 11.1. The molecule has 0 bridgehead atoms. The second-order valence-corrected chi connectivity index (χ2v) is 8.57. The third-order valence-corrected chi connectivity index (χ3v) is 6.85. The van der Waals surface area contributed by atoms with E-state index in [0.29, 0.717) is 17.4 Å². The number of hydrogen-bond donors (Lipinski definition) is 0. The van der Waals surface area contributed by atoms with Crippen molar-refractivity contribution in [1.82, 2.24) is 9.80 Å². The van der Waals surface area contributed by atoms with Crippen molar-refractivity contribution in [2.75, 3.05) is 26.2 Å². The molecule has 3 heteroatoms. The minimum Gasteiger partial charge on any atom is -0.339 e. The van der Waals surface area contributed by atoms with Crippen molar-refractivity contribution in [3.8, 4) is 0 Å². The highest BCUT2D eigenvalue weighted by atomic mass is 16.2. The lowest BCUT2D eigenvalue weighted by molar-refractivity contribution is -0.142. The average molecular weight is 353 g/mol. The van der Waals surface area contributed by atoms with Crippen LogP contribution in [-0.4, -0.2) is 47.9 Å². The topological polar surface area (TPSA) is 23.6 Å². The summed E-state index contributed by atoms with van der Waals surface area (Å²) >= 11 is 0. The minimum absolute atomic E-state index is 0.399. The van der Waals surface area contributed by atoms with Gasteiger partial charge in [-0.2, -0.15) is 0 Å². The fourth-order valence-corrected chi connectivity index (χ4v) is 5.11. The molecule has 2 saturated heterocycles. The summed E-state index contributed by atoms with van der Waals surface area (Å²) in [5.74, 6) is 0.427. The highest BCUT2D eigenvalue weighted by molar-refractivity contribution is 5.77. The first-order valence-corrected chi connectivity index (χ1v) is 10.5. The van der Waals surface area contributed by atoms with Crippen LogP contribution in [0.5, 0.6) is 0 Å². The zero-order chi connectivity index (χ0) is 17.8. The van der Waals surface area contributed by atoms with Crippen LogP contribution in [0.4, 0.5) is 0 Å². The summed E-state index contributed by atoms with van der Waals surface area (Å²) in [4.78, 5) is 17.3. The summed E-state index contributed by atoms with van der Waals surface area (Å²) in [6.45, 7) is 4.41. The summed E-state index contributed by atoms with van der Waals surface area (Å²) in [5.41, 5.74) is 1.68. The molecule has 1 saturated carbocycles. The van der Waals surface area contributed by atoms with E-state index in [9.17, 15) is 4.79 Å². The van der Waals surface area contributed by atoms with Gasteiger partial charge in [0.2, 0.25) is 5.91 Å². The number of carbonyl (C=O) groups is 1. The van der Waals surface area contributed by atoms with Crippen LogP contribution >= 0.6 is 0 Å². The van der Waals surface area contributed by atoms with E-state index in [1.54, 1.807) is 0 Å². The third-order valence-electron chi connectivity index (χ3n) is 6.85. The Morgan fingerprint density at radius 3 is 2.50 bits per heavy atom. The SMILES string of the molecule is O=C1CCC2(CCN(CC=Cc3ccccc3)CC2)CN1C1CCCC1. The van der Waals surface area contributed by atoms with Crippen molar-refractivity contribution in [3.63, 3.8) is 0 Å². The number of hydrogen-bond acceptors (Lipinski definition) is 2. The molecule has 3 fully saturated rings. The number of benzene rings is 1. The van der Waals surface area contributed by atoms with Crippen LogP contribution in [0.3, 0.4) is 0 Å². The number of nitrogens with zero attached hydrogens (tertiary/aromatic N) is 2. The molecule has 0 N–H and O–H groups in total. The molecular formula is C23H32N2O. The van der Waals surface area contributed by atoms with Crippen LogP contribution in [-0.2, 0) is 4.79 Å². The normalized spacial score (nSPS) is 24.8. The van der Waals surface area contributed by atoms with Crippen molar-refractivity contribution in [2.45, 2.75) is 57.4 Å². The van der Waals surface area contributed by atoms with Gasteiger partial charge in [-0.3, -0.25) is 9.69 Å². The largest absolute Gasteiger partial charge is 0.339 e. The molecule has 3 aliphatic rings. The second kappa shape index (κ2) is 7.96. The maximum atomic E-state index is 12.5. The van der Waals surface area contributed by atoms with E-state index >= 15 is 0 Å². The molecule has 0 radical (unpaired) electrons. The Balaban J connectivity index is 1.29. The van der Waals surface area contributed by atoms with Crippen molar-refractivity contribution >= 4 is 12.0 Å². The van der Waals surface area contributed by atoms with Gasteiger partial charge < -0.3 is 4.90 Å². The van der Waals surface area contributed by atoms with Gasteiger partial charge in [-0.1, -0.05) is 55.3 Å². The number of amides is 1. The Morgan fingerprint density at radius 2 is 1.77 bits per heavy atom. The first-order chi connectivity index (χ1) is 12.7. The van der Waals surface area contributed by atoms with Crippen molar-refractivity contribution in [2.24, 2.45) is 5.41 Å². The van der Waals surface area contributed by atoms with E-state index in [-0.39, 0.29) is 0 Å². The van der Waals surface area contributed by atoms with Gasteiger partial charge in [-0.15, -0.1) is 0 Å². The smallest absolute Gasteiger partial charge is 0.222 e. The molecule has 26 heavy (non-hydrogen) atoms. The zero-order valence-corrected chi connectivity index (χ0v) is 15.9. The van der Waals surface area contributed by atoms with Crippen LogP contribution in [0.25, 0.3) is 6.08 Å². The molecule has 0 atom stereocenters. The zero-order valence-electron chi connectivity index (χ0n) is 15.9. The molecule has 2 aliphatic heterocycles. The summed E-state index contributed by atoms with van der Waals surface area (Å²) in [7, 11) is 0. The van der Waals surface area contributed by atoms with E-state index in [2.05, 4.69) is 52.3 Å². The molecule has 1 amide bonds. The van der Waals surface area contributed by atoms with Crippen LogP contribution < -0.4 is 0 Å². The maximum Gasteiger partial charge on any atom is 0.222 e. The summed E-state index contributed by atoms with van der Waals surface area (Å²) in [5, 5.41) is 0. The van der Waals surface area contributed by atoms with Crippen molar-refractivity contribution < 1.29 is 4.79 Å². The van der Waals surface area contributed by atoms with E-state index in [1.807, 2.05) is 0 Å². The monoisotopic (exact) mass is 352 g/mol. The van der Waals surface area contributed by atoms with Crippen molar-refractivity contribution in [1.29, 1.82) is 0 Å². The van der Waals surface area contributed by atoms with Crippen molar-refractivity contribution in [3.05, 3.63) is 42.0 Å². The molecule has 0 aromatic heterocycles. The molecule has 4 rings (SSSR count). The first kappa shape index (κ1) is 17.8. The van der Waals surface area contributed by atoms with E-state index in [4.69, 9.17) is 0 Å². The lowest BCUT2D eigenvalue weighted by atomic mass is 9.72. The quantitative estimate of drug-likeness (QED) is 0.804. The van der Waals surface area contributed by atoms with Gasteiger partial charge in [0.1, 0.15) is 0 Å². The lowest BCUT2D eigenvalue weighted by Crippen LogP contribution is -2.53. The van der Waals surface area contributed by atoms with E-state index in [1.165, 1.54) is 57.2 Å². The molecule has 1 aromatic carbocycles. The maximum absolute atomic E-state index is 12.5. The molecule has 3 nitrogen and oxygen atoms in total. The average Bonchev–Trinajstić information content (AvgIpc) is 3.21. The molecule has 2 heterocycles. The lowest BCUT2D eigenvalue weighted by Gasteiger charge is -2.49. The minimum atomic E-state index is 0.399. The Hall–Kier alpha value is -1.61. The highest BCUT2D eigenvalue weighted by Gasteiger charge is 2.42. The van der Waals surface area contributed by atoms with Gasteiger partial charge in [0.05, 0.1) is 0 Å². The third kappa shape index (κ3) is 4.03. The van der Waals surface area contributed by atoms with Gasteiger partial charge >= 0.3 is 0 Å². The number of piperidine rings is 2. The van der Waals surface area contributed by atoms with Crippen LogP contribution in [0, 0.1) is 5.41 Å². The Labute approximate surface area is 158 Å². The van der Waals surface area contributed by atoms with Crippen LogP contribution in [0.1, 0.15) is 56.9 Å². The van der Waals surface area contributed by atoms with E-state index < -0.39 is 0 Å². The second-order valence-electron chi connectivity index (χ2n) is 8.57. The molecule has 0 unspecified atom stereocenters. The first-order valence-electron chi connectivity index (χ1n) is 10.5. The van der Waals surface area contributed by atoms with Gasteiger partial charge in [-0.25, -0.2) is 0 Å². The highest BCUT2D eigenvalue weighted by Crippen LogP contribution is 2.42. The number of likely N-dealkylation sites (tertiary alicyclic amines) is 2. The van der Waals surface area contributed by atoms with Crippen LogP contribution in [0.2, 0.25) is 0 Å². The predicted octanol–water partition coefficient (Wildman–Crippen LogP) is 4.35. The number of carbonyl (C=O) groups excluding carboxylic acids is 1. The van der Waals surface area contributed by atoms with Gasteiger partial charge in [0.25, 0.3) is 0 Å². The number of rotatable bonds is 4. The standard InChI is InChI=1S/C23H32N2O/c26-22-12-13-23(19-25(22)21-10-4-5-11-21)14-17-24(18-15-23)16-6-9-20-7-2-1-3-8-20/h1-3,6-9,21H,4-5,10-19H2. The Morgan fingerprint density at radius 1 is 1.04 bits per heavy atom. The molecule has 1 spiro atoms. The van der Waals surface area contributed by atoms with Gasteiger partial charge in [-0.05, 0) is 56.2 Å². The summed E-state index contributed by atoms with van der Waals surface area (Å²) in [6.07, 6.45) is 14.0. The molecular weight excluding hydrogens is 320 g/mol. The molecule has 140 valence electrons. The Kier molecular flexibility index (Phi) is 5.44. The van der Waals surface area contributed by atoms with E-state index in [0.717, 1.165) is 25.9 Å². The molecule has 1 aliphatic carbocycles. The fraction of sp³-hybridized carbons (Fsp3) is 0.609. The fourth-order valence-electron chi connectivity index (χ4n) is 5.11. The van der Waals surface area contributed by atoms with Gasteiger partial charge in [0.15, 0.2) is 0 Å². The Bertz CT molecular complexity index is 625. The van der Waals surface area contributed by atoms with Crippen LogP contribution in [0.15, 0.2) is 36.4 Å². The molecule has 1 aromatic rings. The van der Waals surface area contributed by atoms with Gasteiger partial charge in [0, 0.05) is 25.6 Å². The summed E-state index contributed by atoms with van der Waals surface area (Å²) < 4.78 is 0.